The van der Waals surface area contributed by atoms with Gasteiger partial charge >= 0.3 is 0 Å². The van der Waals surface area contributed by atoms with E-state index >= 15 is 0 Å². The number of para-hydroxylation sites is 1. The van der Waals surface area contributed by atoms with Gasteiger partial charge in [0, 0.05) is 41.3 Å². The van der Waals surface area contributed by atoms with Crippen LogP contribution in [0.5, 0.6) is 5.75 Å². The van der Waals surface area contributed by atoms with E-state index in [1.54, 1.807) is 18.2 Å². The van der Waals surface area contributed by atoms with Crippen molar-refractivity contribution < 1.29 is 36.0 Å². The zero-order valence-electron chi connectivity index (χ0n) is 20.6. The zero-order chi connectivity index (χ0) is 24.7. The van der Waals surface area contributed by atoms with Crippen molar-refractivity contribution >= 4 is 29.4 Å². The van der Waals surface area contributed by atoms with Gasteiger partial charge in [0.1, 0.15) is 31.2 Å². The number of carbonyl (C=O) groups excluding carboxylic acids is 3. The number of anilines is 2. The van der Waals surface area contributed by atoms with Gasteiger partial charge in [-0.25, -0.2) is 0 Å². The number of benzene rings is 2. The number of allylic oxidation sites excluding steroid dienone is 2. The first-order valence-corrected chi connectivity index (χ1v) is 12.7. The normalized spacial score (nSPS) is 31.3. The minimum absolute atomic E-state index is 0. The molecule has 7 nitrogen and oxygen atoms in total. The SMILES string of the molecule is C/C=C1/C[N+]2(CC(=O)c3ccc4c(c3)NC(=O)CO4)CC[C@]34C(=C(C=O)[C@H]1CC32)Nc1ccccc14.[Cl-]. The molecule has 4 aliphatic heterocycles. The average Bonchev–Trinajstić information content (AvgIpc) is 3.42. The number of amides is 1. The van der Waals surface area contributed by atoms with Gasteiger partial charge in [0.05, 0.1) is 17.6 Å². The molecule has 4 atom stereocenters. The molecule has 1 spiro atoms. The van der Waals surface area contributed by atoms with Crippen molar-refractivity contribution in [1.29, 1.82) is 0 Å². The van der Waals surface area contributed by atoms with E-state index in [4.69, 9.17) is 4.74 Å². The van der Waals surface area contributed by atoms with Gasteiger partial charge in [0.15, 0.2) is 6.61 Å². The van der Waals surface area contributed by atoms with E-state index in [1.165, 1.54) is 11.1 Å². The molecule has 4 heterocycles. The summed E-state index contributed by atoms with van der Waals surface area (Å²) in [6.45, 7) is 4.07. The highest BCUT2D eigenvalue weighted by molar-refractivity contribution is 6.01. The molecule has 0 aromatic heterocycles. The van der Waals surface area contributed by atoms with Crippen molar-refractivity contribution in [2.75, 3.05) is 36.9 Å². The fraction of sp³-hybridized carbons (Fsp3) is 0.345. The number of quaternary nitrogens is 1. The standard InChI is InChI=1S/C29H27N3O4.ClH/c1-2-17-13-32(14-24(34)18-7-8-25-23(11-18)30-27(35)16-36-25)10-9-29-21-5-3-4-6-22(21)31-28(29)20(15-33)19(17)12-26(29)32;/h2-8,11,15,19,26H,9-10,12-14,16H2,1H3,(H-,30,31,33,35);1H/b17-2-;/t19-,26?,29+,32?;/m0./s1. The van der Waals surface area contributed by atoms with Crippen LogP contribution in [0, 0.1) is 5.92 Å². The predicted octanol–water partition coefficient (Wildman–Crippen LogP) is 0.590. The summed E-state index contributed by atoms with van der Waals surface area (Å²) in [6.07, 6.45) is 4.98. The lowest BCUT2D eigenvalue weighted by atomic mass is 9.61. The van der Waals surface area contributed by atoms with Gasteiger partial charge in [0.2, 0.25) is 5.78 Å². The highest BCUT2D eigenvalue weighted by atomic mass is 35.5. The second-order valence-electron chi connectivity index (χ2n) is 10.7. The number of halogens is 1. The van der Waals surface area contributed by atoms with Crippen molar-refractivity contribution in [3.63, 3.8) is 0 Å². The Hall–Kier alpha value is -3.42. The molecule has 5 aliphatic rings. The molecular formula is C29H28ClN3O4. The van der Waals surface area contributed by atoms with Crippen LogP contribution in [0.2, 0.25) is 0 Å². The van der Waals surface area contributed by atoms with Crippen molar-refractivity contribution in [3.05, 3.63) is 76.5 Å². The maximum absolute atomic E-state index is 13.8. The van der Waals surface area contributed by atoms with Crippen LogP contribution >= 0.6 is 0 Å². The molecule has 1 amide bonds. The molecule has 37 heavy (non-hydrogen) atoms. The van der Waals surface area contributed by atoms with Crippen molar-refractivity contribution in [3.8, 4) is 5.75 Å². The van der Waals surface area contributed by atoms with E-state index in [9.17, 15) is 14.4 Å². The first-order valence-electron chi connectivity index (χ1n) is 12.7. The Bertz CT molecular complexity index is 1430. The molecular weight excluding hydrogens is 490 g/mol. The number of piperidine rings is 1. The smallest absolute Gasteiger partial charge is 0.262 e. The summed E-state index contributed by atoms with van der Waals surface area (Å²) in [6, 6.07) is 13.9. The number of hydrogen-bond donors (Lipinski definition) is 2. The summed E-state index contributed by atoms with van der Waals surface area (Å²) >= 11 is 0. The summed E-state index contributed by atoms with van der Waals surface area (Å²) < 4.78 is 6.17. The lowest BCUT2D eigenvalue weighted by Gasteiger charge is -2.53. The highest BCUT2D eigenvalue weighted by Crippen LogP contribution is 2.63. The van der Waals surface area contributed by atoms with Gasteiger partial charge in [-0.05, 0) is 42.3 Å². The Labute approximate surface area is 221 Å². The molecule has 1 aliphatic carbocycles. The van der Waals surface area contributed by atoms with Crippen LogP contribution in [0.15, 0.2) is 65.4 Å². The van der Waals surface area contributed by atoms with Crippen molar-refractivity contribution in [1.82, 2.24) is 0 Å². The van der Waals surface area contributed by atoms with E-state index < -0.39 is 0 Å². The molecule has 2 fully saturated rings. The summed E-state index contributed by atoms with van der Waals surface area (Å²) in [5, 5.41) is 6.46. The Morgan fingerprint density at radius 1 is 1.19 bits per heavy atom. The number of aldehydes is 1. The average molecular weight is 518 g/mol. The van der Waals surface area contributed by atoms with E-state index in [-0.39, 0.29) is 48.1 Å². The summed E-state index contributed by atoms with van der Waals surface area (Å²) in [5.74, 6) is 0.537. The molecule has 7 rings (SSSR count). The number of hydrogen-bond acceptors (Lipinski definition) is 5. The lowest BCUT2D eigenvalue weighted by Crippen LogP contribution is -3.00. The first kappa shape index (κ1) is 23.9. The van der Waals surface area contributed by atoms with E-state index in [2.05, 4.69) is 34.9 Å². The molecule has 2 saturated heterocycles. The summed E-state index contributed by atoms with van der Waals surface area (Å²) in [7, 11) is 0. The molecule has 8 heteroatoms. The minimum atomic E-state index is -0.263. The van der Waals surface area contributed by atoms with Gasteiger partial charge in [-0.15, -0.1) is 0 Å². The van der Waals surface area contributed by atoms with Crippen molar-refractivity contribution in [2.24, 2.45) is 5.92 Å². The minimum Gasteiger partial charge on any atom is -1.00 e. The fourth-order valence-electron chi connectivity index (χ4n) is 7.76. The maximum Gasteiger partial charge on any atom is 0.262 e. The largest absolute Gasteiger partial charge is 1.00 e. The lowest BCUT2D eigenvalue weighted by molar-refractivity contribution is -0.934. The van der Waals surface area contributed by atoms with Crippen molar-refractivity contribution in [2.45, 2.75) is 31.2 Å². The fourth-order valence-corrected chi connectivity index (χ4v) is 7.76. The molecule has 2 bridgehead atoms. The Morgan fingerprint density at radius 3 is 2.84 bits per heavy atom. The van der Waals surface area contributed by atoms with Gasteiger partial charge in [-0.3, -0.25) is 14.4 Å². The van der Waals surface area contributed by atoms with Crippen LogP contribution in [0.25, 0.3) is 0 Å². The number of Topliss-reactive ketones (excluding diaryl/α,β-unsaturated/α-hetero) is 1. The second-order valence-corrected chi connectivity index (χ2v) is 10.7. The van der Waals surface area contributed by atoms with Gasteiger partial charge in [0.25, 0.3) is 5.91 Å². The van der Waals surface area contributed by atoms with Gasteiger partial charge < -0.3 is 32.3 Å². The van der Waals surface area contributed by atoms with Crippen LogP contribution < -0.4 is 27.8 Å². The van der Waals surface area contributed by atoms with Crippen LogP contribution in [0.4, 0.5) is 11.4 Å². The predicted molar refractivity (Wildman–Crippen MR) is 135 cm³/mol. The number of carbonyl (C=O) groups is 3. The van der Waals surface area contributed by atoms with E-state index in [0.29, 0.717) is 28.0 Å². The number of fused-ring (bicyclic) bond motifs is 3. The third-order valence-corrected chi connectivity index (χ3v) is 9.25. The number of nitrogens with one attached hydrogen (secondary N) is 2. The van der Waals surface area contributed by atoms with Crippen LogP contribution in [-0.4, -0.2) is 54.7 Å². The number of ether oxygens (including phenoxy) is 1. The summed E-state index contributed by atoms with van der Waals surface area (Å²) in [4.78, 5) is 38.1. The Kier molecular flexibility index (Phi) is 5.37. The highest BCUT2D eigenvalue weighted by Gasteiger charge is 2.68. The quantitative estimate of drug-likeness (QED) is 0.268. The second kappa shape index (κ2) is 8.30. The molecule has 2 aromatic carbocycles. The molecule has 2 N–H and O–H groups in total. The van der Waals surface area contributed by atoms with Crippen LogP contribution in [0.1, 0.15) is 35.7 Å². The van der Waals surface area contributed by atoms with Gasteiger partial charge in [-0.2, -0.15) is 0 Å². The zero-order valence-corrected chi connectivity index (χ0v) is 21.3. The number of rotatable bonds is 4. The van der Waals surface area contributed by atoms with E-state index in [1.807, 2.05) is 13.0 Å². The summed E-state index contributed by atoms with van der Waals surface area (Å²) in [5.41, 5.74) is 6.39. The topological polar surface area (TPSA) is 84.5 Å². The monoisotopic (exact) mass is 517 g/mol. The molecule has 0 radical (unpaired) electrons. The molecule has 0 saturated carbocycles. The molecule has 2 aromatic rings. The maximum atomic E-state index is 13.8. The Morgan fingerprint density at radius 2 is 2.03 bits per heavy atom. The Balaban J connectivity index is 0.00000252. The van der Waals surface area contributed by atoms with Gasteiger partial charge in [-0.1, -0.05) is 24.3 Å². The molecule has 190 valence electrons. The third-order valence-electron chi connectivity index (χ3n) is 9.25. The van der Waals surface area contributed by atoms with E-state index in [0.717, 1.165) is 49.2 Å². The van der Waals surface area contributed by atoms with Crippen LogP contribution in [-0.2, 0) is 15.0 Å². The first-order chi connectivity index (χ1) is 17.5. The number of ketones is 1. The third kappa shape index (κ3) is 3.14. The van der Waals surface area contributed by atoms with Crippen LogP contribution in [0.3, 0.4) is 0 Å². The number of nitrogens with zero attached hydrogens (tertiary/aromatic N) is 1. The molecule has 2 unspecified atom stereocenters.